The summed E-state index contributed by atoms with van der Waals surface area (Å²) >= 11 is 0. The molecule has 104 valence electrons. The largest absolute Gasteiger partial charge is 0.299 e. The van der Waals surface area contributed by atoms with Gasteiger partial charge in [0.2, 0.25) is 0 Å². The van der Waals surface area contributed by atoms with Crippen LogP contribution in [-0.2, 0) is 13.0 Å². The second-order valence-electron chi connectivity index (χ2n) is 5.66. The average molecular weight is 267 g/mol. The highest BCUT2D eigenvalue weighted by molar-refractivity contribution is 5.11. The van der Waals surface area contributed by atoms with E-state index in [4.69, 9.17) is 0 Å². The molecule has 1 saturated heterocycles. The zero-order chi connectivity index (χ0) is 13.6. The van der Waals surface area contributed by atoms with Crippen molar-refractivity contribution in [1.82, 2.24) is 14.9 Å². The van der Waals surface area contributed by atoms with E-state index in [9.17, 15) is 0 Å². The number of nitrogens with zero attached hydrogens (tertiary/aromatic N) is 3. The summed E-state index contributed by atoms with van der Waals surface area (Å²) in [6.07, 6.45) is 11.4. The van der Waals surface area contributed by atoms with Crippen LogP contribution in [0, 0.1) is 5.92 Å². The zero-order valence-electron chi connectivity index (χ0n) is 11.8. The lowest BCUT2D eigenvalue weighted by Gasteiger charge is -2.32. The van der Waals surface area contributed by atoms with Crippen LogP contribution in [0.1, 0.15) is 24.0 Å². The van der Waals surface area contributed by atoms with Gasteiger partial charge in [-0.3, -0.25) is 14.9 Å². The molecule has 20 heavy (non-hydrogen) atoms. The molecule has 1 atom stereocenters. The van der Waals surface area contributed by atoms with Gasteiger partial charge < -0.3 is 0 Å². The molecule has 1 fully saturated rings. The Kier molecular flexibility index (Phi) is 4.38. The van der Waals surface area contributed by atoms with Gasteiger partial charge in [0, 0.05) is 37.9 Å². The maximum absolute atomic E-state index is 4.22. The van der Waals surface area contributed by atoms with Crippen LogP contribution in [0.3, 0.4) is 0 Å². The molecule has 0 spiro atoms. The number of likely N-dealkylation sites (tertiary alicyclic amines) is 1. The predicted octanol–water partition coefficient (Wildman–Crippen LogP) is 2.93. The van der Waals surface area contributed by atoms with E-state index in [-0.39, 0.29) is 0 Å². The highest BCUT2D eigenvalue weighted by Gasteiger charge is 2.20. The monoisotopic (exact) mass is 267 g/mol. The lowest BCUT2D eigenvalue weighted by atomic mass is 9.91. The van der Waals surface area contributed by atoms with E-state index in [1.165, 1.54) is 37.1 Å². The van der Waals surface area contributed by atoms with Gasteiger partial charge in [-0.2, -0.15) is 0 Å². The molecule has 3 heterocycles. The van der Waals surface area contributed by atoms with Crippen molar-refractivity contribution in [3.63, 3.8) is 0 Å². The van der Waals surface area contributed by atoms with Crippen molar-refractivity contribution in [1.29, 1.82) is 0 Å². The van der Waals surface area contributed by atoms with Crippen molar-refractivity contribution in [2.45, 2.75) is 25.8 Å². The van der Waals surface area contributed by atoms with Crippen LogP contribution in [0.25, 0.3) is 0 Å². The number of hydrogen-bond acceptors (Lipinski definition) is 3. The van der Waals surface area contributed by atoms with Crippen LogP contribution in [-0.4, -0.2) is 28.0 Å². The quantitative estimate of drug-likeness (QED) is 0.853. The number of pyridine rings is 2. The lowest BCUT2D eigenvalue weighted by Crippen LogP contribution is -2.35. The fourth-order valence-electron chi connectivity index (χ4n) is 3.06. The molecule has 0 bridgehead atoms. The number of rotatable bonds is 4. The van der Waals surface area contributed by atoms with Crippen LogP contribution in [0.4, 0.5) is 0 Å². The maximum Gasteiger partial charge on any atom is 0.0299 e. The van der Waals surface area contributed by atoms with Gasteiger partial charge in [-0.05, 0) is 61.1 Å². The van der Waals surface area contributed by atoms with E-state index in [1.54, 1.807) is 0 Å². The molecular weight excluding hydrogens is 246 g/mol. The van der Waals surface area contributed by atoms with Crippen molar-refractivity contribution in [2.75, 3.05) is 13.1 Å². The van der Waals surface area contributed by atoms with E-state index < -0.39 is 0 Å². The Balaban J connectivity index is 1.57. The Morgan fingerprint density at radius 3 is 2.75 bits per heavy atom. The summed E-state index contributed by atoms with van der Waals surface area (Å²) in [4.78, 5) is 10.9. The molecule has 2 aromatic rings. The Morgan fingerprint density at radius 2 is 1.95 bits per heavy atom. The third-order valence-corrected chi connectivity index (χ3v) is 4.01. The van der Waals surface area contributed by atoms with Crippen LogP contribution in [0.2, 0.25) is 0 Å². The van der Waals surface area contributed by atoms with Gasteiger partial charge in [0.05, 0.1) is 0 Å². The standard InChI is InChI=1S/C17H21N3/c1-3-16(12-19-7-1)11-17-4-2-10-20(14-17)13-15-5-8-18-9-6-15/h1,3,5-9,12,17H,2,4,10-11,13-14H2/t17-/m0/s1. The molecule has 0 unspecified atom stereocenters. The molecule has 0 aliphatic carbocycles. The minimum atomic E-state index is 0.759. The number of aromatic nitrogens is 2. The van der Waals surface area contributed by atoms with E-state index in [2.05, 4.69) is 33.1 Å². The molecule has 1 aliphatic rings. The van der Waals surface area contributed by atoms with E-state index in [0.29, 0.717) is 0 Å². The second-order valence-corrected chi connectivity index (χ2v) is 5.66. The predicted molar refractivity (Wildman–Crippen MR) is 80.2 cm³/mol. The van der Waals surface area contributed by atoms with Crippen molar-refractivity contribution in [3.8, 4) is 0 Å². The van der Waals surface area contributed by atoms with Gasteiger partial charge >= 0.3 is 0 Å². The van der Waals surface area contributed by atoms with Gasteiger partial charge in [0.1, 0.15) is 0 Å². The summed E-state index contributed by atoms with van der Waals surface area (Å²) in [5.41, 5.74) is 2.73. The molecule has 3 nitrogen and oxygen atoms in total. The van der Waals surface area contributed by atoms with Gasteiger partial charge in [0.15, 0.2) is 0 Å². The highest BCUT2D eigenvalue weighted by atomic mass is 15.1. The van der Waals surface area contributed by atoms with Crippen LogP contribution >= 0.6 is 0 Å². The van der Waals surface area contributed by atoms with Crippen LogP contribution in [0.15, 0.2) is 49.1 Å². The van der Waals surface area contributed by atoms with Crippen molar-refractivity contribution >= 4 is 0 Å². The summed E-state index contributed by atoms with van der Waals surface area (Å²) in [5, 5.41) is 0. The topological polar surface area (TPSA) is 29.0 Å². The van der Waals surface area contributed by atoms with Gasteiger partial charge in [-0.1, -0.05) is 6.07 Å². The molecule has 0 amide bonds. The van der Waals surface area contributed by atoms with Gasteiger partial charge in [-0.25, -0.2) is 0 Å². The Morgan fingerprint density at radius 1 is 1.05 bits per heavy atom. The molecule has 3 rings (SSSR count). The van der Waals surface area contributed by atoms with Crippen molar-refractivity contribution in [2.24, 2.45) is 5.92 Å². The second kappa shape index (κ2) is 6.62. The third kappa shape index (κ3) is 3.64. The summed E-state index contributed by atoms with van der Waals surface area (Å²) < 4.78 is 0. The third-order valence-electron chi connectivity index (χ3n) is 4.01. The smallest absolute Gasteiger partial charge is 0.0299 e. The molecule has 3 heteroatoms. The zero-order valence-corrected chi connectivity index (χ0v) is 11.8. The summed E-state index contributed by atoms with van der Waals surface area (Å²) in [6.45, 7) is 3.45. The first-order valence-electron chi connectivity index (χ1n) is 7.40. The maximum atomic E-state index is 4.22. The summed E-state index contributed by atoms with van der Waals surface area (Å²) in [6, 6.07) is 8.46. The van der Waals surface area contributed by atoms with Crippen LogP contribution in [0.5, 0.6) is 0 Å². The number of piperidine rings is 1. The molecule has 0 N–H and O–H groups in total. The van der Waals surface area contributed by atoms with E-state index in [1.807, 2.05) is 30.9 Å². The summed E-state index contributed by atoms with van der Waals surface area (Å²) in [7, 11) is 0. The Hall–Kier alpha value is -1.74. The lowest BCUT2D eigenvalue weighted by molar-refractivity contribution is 0.167. The fourth-order valence-corrected chi connectivity index (χ4v) is 3.06. The summed E-state index contributed by atoms with van der Waals surface area (Å²) in [5.74, 6) is 0.759. The van der Waals surface area contributed by atoms with Crippen LogP contribution < -0.4 is 0 Å². The van der Waals surface area contributed by atoms with Gasteiger partial charge in [-0.15, -0.1) is 0 Å². The first-order chi connectivity index (χ1) is 9.90. The minimum absolute atomic E-state index is 0.759. The van der Waals surface area contributed by atoms with E-state index >= 15 is 0 Å². The SMILES string of the molecule is c1cncc(C[C@@H]2CCCN(Cc3ccncc3)C2)c1. The fraction of sp³-hybridized carbons (Fsp3) is 0.412. The first kappa shape index (κ1) is 13.3. The Labute approximate surface area is 120 Å². The van der Waals surface area contributed by atoms with E-state index in [0.717, 1.165) is 18.9 Å². The average Bonchev–Trinajstić information content (AvgIpc) is 2.50. The molecule has 2 aromatic heterocycles. The molecular formula is C17H21N3. The Bertz CT molecular complexity index is 465. The first-order valence-corrected chi connectivity index (χ1v) is 7.40. The molecule has 1 aliphatic heterocycles. The van der Waals surface area contributed by atoms with Crippen molar-refractivity contribution in [3.05, 3.63) is 60.2 Å². The molecule has 0 saturated carbocycles. The molecule has 0 aromatic carbocycles. The van der Waals surface area contributed by atoms with Crippen molar-refractivity contribution < 1.29 is 0 Å². The molecule has 0 radical (unpaired) electrons. The van der Waals surface area contributed by atoms with Gasteiger partial charge in [0.25, 0.3) is 0 Å². The minimum Gasteiger partial charge on any atom is -0.299 e. The number of hydrogen-bond donors (Lipinski definition) is 0. The highest BCUT2D eigenvalue weighted by Crippen LogP contribution is 2.21. The normalized spacial score (nSPS) is 19.9.